The molecule has 0 amide bonds. The number of aromatic nitrogens is 8. The highest BCUT2D eigenvalue weighted by atomic mass is 16.4. The minimum Gasteiger partial charge on any atom is -0.401 e. The normalized spacial score (nSPS) is 16.2. The molecule has 0 aliphatic carbocycles. The number of pyridine rings is 1. The fraction of sp³-hybridized carbons (Fsp3) is 0.200. The van der Waals surface area contributed by atoms with Crippen LogP contribution in [-0.4, -0.2) is 46.3 Å². The number of hydrogen-bond donors (Lipinski definition) is 1. The van der Waals surface area contributed by atoms with E-state index in [9.17, 15) is 0 Å². The Hall–Kier alpha value is -4.08. The van der Waals surface area contributed by atoms with Gasteiger partial charge in [-0.05, 0) is 25.1 Å². The zero-order chi connectivity index (χ0) is 20.1. The van der Waals surface area contributed by atoms with Crippen molar-refractivity contribution in [1.82, 2.24) is 39.7 Å². The van der Waals surface area contributed by atoms with E-state index in [1.807, 2.05) is 34.5 Å². The molecular weight excluding hydrogens is 382 g/mol. The van der Waals surface area contributed by atoms with Crippen molar-refractivity contribution >= 4 is 11.5 Å². The van der Waals surface area contributed by atoms with Crippen molar-refractivity contribution in [3.05, 3.63) is 72.0 Å². The molecule has 148 valence electrons. The first-order valence-corrected chi connectivity index (χ1v) is 9.62. The lowest BCUT2D eigenvalue weighted by molar-refractivity contribution is 0.502. The van der Waals surface area contributed by atoms with Crippen LogP contribution in [0, 0.1) is 6.92 Å². The summed E-state index contributed by atoms with van der Waals surface area (Å²) in [5, 5.41) is 13.3. The number of imidazole rings is 1. The van der Waals surface area contributed by atoms with Gasteiger partial charge in [-0.15, -0.1) is 5.10 Å². The Morgan fingerprint density at radius 1 is 1.17 bits per heavy atom. The Balaban J connectivity index is 1.46. The van der Waals surface area contributed by atoms with Gasteiger partial charge in [0.1, 0.15) is 11.7 Å². The van der Waals surface area contributed by atoms with Gasteiger partial charge in [0.2, 0.25) is 0 Å². The number of aryl methyl sites for hydroxylation is 1. The van der Waals surface area contributed by atoms with Crippen LogP contribution in [0.2, 0.25) is 0 Å². The molecule has 6 heterocycles. The zero-order valence-corrected chi connectivity index (χ0v) is 16.1. The summed E-state index contributed by atoms with van der Waals surface area (Å²) in [6, 6.07) is 8.35. The Kier molecular flexibility index (Phi) is 3.63. The topological polar surface area (TPSA) is 114 Å². The van der Waals surface area contributed by atoms with E-state index in [0.717, 1.165) is 34.7 Å². The lowest BCUT2D eigenvalue weighted by atomic mass is 10.0. The number of nitrogens with zero attached hydrogens (tertiary/aromatic N) is 8. The maximum Gasteiger partial charge on any atom is 0.319 e. The molecule has 0 aromatic carbocycles. The van der Waals surface area contributed by atoms with Crippen molar-refractivity contribution in [2.75, 3.05) is 11.4 Å². The lowest BCUT2D eigenvalue weighted by Crippen LogP contribution is -2.37. The molecule has 10 heteroatoms. The van der Waals surface area contributed by atoms with Crippen LogP contribution in [0.1, 0.15) is 28.8 Å². The van der Waals surface area contributed by atoms with Gasteiger partial charge in [0, 0.05) is 36.7 Å². The second-order valence-corrected chi connectivity index (χ2v) is 7.17. The molecule has 10 nitrogen and oxygen atoms in total. The zero-order valence-electron chi connectivity index (χ0n) is 16.1. The van der Waals surface area contributed by atoms with Crippen molar-refractivity contribution in [3.8, 4) is 11.6 Å². The van der Waals surface area contributed by atoms with Crippen LogP contribution in [0.15, 0.2) is 53.6 Å². The predicted molar refractivity (Wildman–Crippen MR) is 107 cm³/mol. The highest BCUT2D eigenvalue weighted by Gasteiger charge is 2.36. The predicted octanol–water partition coefficient (Wildman–Crippen LogP) is 2.36. The molecule has 5 aromatic rings. The number of rotatable bonds is 3. The van der Waals surface area contributed by atoms with Gasteiger partial charge >= 0.3 is 6.01 Å². The second-order valence-electron chi connectivity index (χ2n) is 7.17. The molecule has 1 N–H and O–H groups in total. The Bertz CT molecular complexity index is 1340. The number of nitrogens with one attached hydrogen (secondary N) is 1. The molecule has 1 aliphatic rings. The number of aromatic amines is 1. The molecule has 1 unspecified atom stereocenters. The van der Waals surface area contributed by atoms with Crippen molar-refractivity contribution in [3.63, 3.8) is 0 Å². The van der Waals surface area contributed by atoms with Crippen LogP contribution < -0.4 is 4.90 Å². The highest BCUT2D eigenvalue weighted by Crippen LogP contribution is 2.36. The summed E-state index contributed by atoms with van der Waals surface area (Å²) in [7, 11) is 0. The lowest BCUT2D eigenvalue weighted by Gasteiger charge is -2.32. The molecule has 0 saturated heterocycles. The monoisotopic (exact) mass is 399 g/mol. The second kappa shape index (κ2) is 6.48. The van der Waals surface area contributed by atoms with E-state index in [1.165, 1.54) is 0 Å². The third kappa shape index (κ3) is 2.57. The standard InChI is InChI=1S/C20H17N9O/c1-12-3-2-4-13-9-15(27-29(12)13)18-17-14(23-11-24-17)5-8-28(18)20-26-25-19(30-20)16-10-21-6-7-22-16/h2-4,6-7,9-11,18H,5,8H2,1H3,(H,23,24). The van der Waals surface area contributed by atoms with E-state index in [0.29, 0.717) is 24.1 Å². The van der Waals surface area contributed by atoms with Crippen LogP contribution in [0.25, 0.3) is 17.1 Å². The van der Waals surface area contributed by atoms with Gasteiger partial charge in [-0.25, -0.2) is 14.5 Å². The summed E-state index contributed by atoms with van der Waals surface area (Å²) >= 11 is 0. The maximum absolute atomic E-state index is 5.98. The SMILES string of the molecule is Cc1cccc2cc(C3c4nc[nH]c4CCN3c3nnc(-c4cnccn4)o3)nn12. The first-order valence-electron chi connectivity index (χ1n) is 9.62. The minimum atomic E-state index is -0.241. The molecule has 1 aliphatic heterocycles. The van der Waals surface area contributed by atoms with E-state index < -0.39 is 0 Å². The fourth-order valence-electron chi connectivity index (χ4n) is 3.93. The van der Waals surface area contributed by atoms with Gasteiger partial charge in [0.25, 0.3) is 5.89 Å². The van der Waals surface area contributed by atoms with Crippen molar-refractivity contribution in [2.24, 2.45) is 0 Å². The van der Waals surface area contributed by atoms with Crippen LogP contribution in [-0.2, 0) is 6.42 Å². The summed E-state index contributed by atoms with van der Waals surface area (Å²) in [6.07, 6.45) is 7.31. The molecule has 0 radical (unpaired) electrons. The van der Waals surface area contributed by atoms with E-state index in [1.54, 1.807) is 24.9 Å². The van der Waals surface area contributed by atoms with Crippen LogP contribution in [0.3, 0.4) is 0 Å². The van der Waals surface area contributed by atoms with E-state index in [2.05, 4.69) is 36.2 Å². The quantitative estimate of drug-likeness (QED) is 0.492. The van der Waals surface area contributed by atoms with Crippen molar-refractivity contribution in [1.29, 1.82) is 0 Å². The van der Waals surface area contributed by atoms with E-state index in [-0.39, 0.29) is 6.04 Å². The molecule has 5 aromatic heterocycles. The summed E-state index contributed by atoms with van der Waals surface area (Å²) in [4.78, 5) is 18.2. The third-order valence-corrected chi connectivity index (χ3v) is 5.34. The van der Waals surface area contributed by atoms with Gasteiger partial charge in [0.15, 0.2) is 0 Å². The van der Waals surface area contributed by atoms with Gasteiger partial charge in [-0.3, -0.25) is 4.98 Å². The van der Waals surface area contributed by atoms with Gasteiger partial charge < -0.3 is 14.3 Å². The van der Waals surface area contributed by atoms with Gasteiger partial charge in [-0.2, -0.15) is 5.10 Å². The Morgan fingerprint density at radius 3 is 3.00 bits per heavy atom. The fourth-order valence-corrected chi connectivity index (χ4v) is 3.93. The highest BCUT2D eigenvalue weighted by molar-refractivity contribution is 5.53. The van der Waals surface area contributed by atoms with Crippen molar-refractivity contribution in [2.45, 2.75) is 19.4 Å². The number of anilines is 1. The summed E-state index contributed by atoms with van der Waals surface area (Å²) in [6.45, 7) is 2.72. The average Bonchev–Trinajstić information content (AvgIpc) is 3.52. The third-order valence-electron chi connectivity index (χ3n) is 5.34. The smallest absolute Gasteiger partial charge is 0.319 e. The Morgan fingerprint density at radius 2 is 2.13 bits per heavy atom. The van der Waals surface area contributed by atoms with Crippen LogP contribution in [0.4, 0.5) is 6.01 Å². The largest absolute Gasteiger partial charge is 0.401 e. The molecule has 0 spiro atoms. The first kappa shape index (κ1) is 16.8. The summed E-state index contributed by atoms with van der Waals surface area (Å²) in [5.41, 5.74) is 5.51. The molecular formula is C20H17N9O. The van der Waals surface area contributed by atoms with E-state index in [4.69, 9.17) is 9.52 Å². The molecule has 0 bridgehead atoms. The van der Waals surface area contributed by atoms with Gasteiger partial charge in [-0.1, -0.05) is 11.2 Å². The number of fused-ring (bicyclic) bond motifs is 2. The molecule has 0 fully saturated rings. The maximum atomic E-state index is 5.98. The number of hydrogen-bond acceptors (Lipinski definition) is 8. The number of H-pyrrole nitrogens is 1. The minimum absolute atomic E-state index is 0.241. The van der Waals surface area contributed by atoms with Crippen LogP contribution in [0.5, 0.6) is 0 Å². The molecule has 6 rings (SSSR count). The van der Waals surface area contributed by atoms with Crippen molar-refractivity contribution < 1.29 is 4.42 Å². The first-order chi connectivity index (χ1) is 14.8. The molecule has 1 atom stereocenters. The average molecular weight is 399 g/mol. The molecule has 0 saturated carbocycles. The molecule has 30 heavy (non-hydrogen) atoms. The Labute approximate surface area is 170 Å². The van der Waals surface area contributed by atoms with E-state index >= 15 is 0 Å². The summed E-state index contributed by atoms with van der Waals surface area (Å²) in [5.74, 6) is 0.329. The van der Waals surface area contributed by atoms with Crippen LogP contribution >= 0.6 is 0 Å². The summed E-state index contributed by atoms with van der Waals surface area (Å²) < 4.78 is 7.92. The van der Waals surface area contributed by atoms with Gasteiger partial charge in [0.05, 0.1) is 29.4 Å².